The van der Waals surface area contributed by atoms with Crippen molar-refractivity contribution < 1.29 is 13.2 Å². The number of halogens is 3. The van der Waals surface area contributed by atoms with Gasteiger partial charge in [0, 0.05) is 5.56 Å². The molecule has 2 rings (SSSR count). The van der Waals surface area contributed by atoms with Crippen molar-refractivity contribution in [2.45, 2.75) is 31.6 Å². The Labute approximate surface area is 102 Å². The summed E-state index contributed by atoms with van der Waals surface area (Å²) in [5.74, 6) is 0.243. The van der Waals surface area contributed by atoms with E-state index in [-0.39, 0.29) is 11.5 Å². The van der Waals surface area contributed by atoms with Gasteiger partial charge in [-0.3, -0.25) is 0 Å². The van der Waals surface area contributed by atoms with E-state index in [1.54, 1.807) is 12.1 Å². The molecule has 0 saturated carbocycles. The third-order valence-electron chi connectivity index (χ3n) is 2.79. The molecular weight excluding hydrogens is 245 g/mol. The van der Waals surface area contributed by atoms with E-state index in [0.29, 0.717) is 0 Å². The number of hydrogen-bond donors (Lipinski definition) is 0. The molecule has 1 heterocycles. The van der Waals surface area contributed by atoms with Crippen molar-refractivity contribution in [3.8, 4) is 0 Å². The largest absolute Gasteiger partial charge is 0.442 e. The molecule has 1 aliphatic rings. The van der Waals surface area contributed by atoms with Crippen LogP contribution < -0.4 is 0 Å². The summed E-state index contributed by atoms with van der Waals surface area (Å²) in [6.45, 7) is 3.92. The predicted octanol–water partition coefficient (Wildman–Crippen LogP) is 4.36. The minimum absolute atomic E-state index is 0.0793. The molecule has 1 aromatic carbocycles. The number of hydrogen-bond acceptors (Lipinski definition) is 4. The van der Waals surface area contributed by atoms with Crippen LogP contribution in [-0.4, -0.2) is 6.18 Å². The minimum atomic E-state index is -4.66. The van der Waals surface area contributed by atoms with Crippen LogP contribution in [0.3, 0.4) is 0 Å². The quantitative estimate of drug-likeness (QED) is 0.755. The van der Waals surface area contributed by atoms with E-state index < -0.39 is 11.8 Å². The maximum atomic E-state index is 13.1. The Morgan fingerprint density at radius 3 is 1.89 bits per heavy atom. The highest BCUT2D eigenvalue weighted by molar-refractivity contribution is 5.31. The molecule has 96 valence electrons. The van der Waals surface area contributed by atoms with Crippen molar-refractivity contribution in [1.29, 1.82) is 0 Å². The van der Waals surface area contributed by atoms with Gasteiger partial charge in [0.25, 0.3) is 0 Å². The Morgan fingerprint density at radius 1 is 1.00 bits per heavy atom. The maximum Gasteiger partial charge on any atom is 0.442 e. The number of benzene rings is 1. The Hall–Kier alpha value is -1.79. The molecule has 18 heavy (non-hydrogen) atoms. The normalized spacial score (nSPS) is 17.7. The Kier molecular flexibility index (Phi) is 2.92. The second kappa shape index (κ2) is 4.15. The second-order valence-corrected chi connectivity index (χ2v) is 4.33. The molecule has 0 aromatic heterocycles. The standard InChI is InChI=1S/C11H11F3N4/c1-7(2)8-3-5-9(6-4-8)10(11(12,13)14)15-17-18-16-10/h3-7H,1-2H3. The monoisotopic (exact) mass is 256 g/mol. The van der Waals surface area contributed by atoms with Crippen LogP contribution in [0.5, 0.6) is 0 Å². The summed E-state index contributed by atoms with van der Waals surface area (Å²) in [6, 6.07) is 6.01. The Morgan fingerprint density at radius 2 is 1.50 bits per heavy atom. The van der Waals surface area contributed by atoms with Gasteiger partial charge in [-0.1, -0.05) is 38.1 Å². The first-order valence-corrected chi connectivity index (χ1v) is 5.38. The predicted molar refractivity (Wildman–Crippen MR) is 58.0 cm³/mol. The van der Waals surface area contributed by atoms with Gasteiger partial charge in [0.1, 0.15) is 0 Å². The fourth-order valence-electron chi connectivity index (χ4n) is 1.68. The molecule has 1 aromatic rings. The van der Waals surface area contributed by atoms with Crippen LogP contribution in [0.15, 0.2) is 44.9 Å². The van der Waals surface area contributed by atoms with Crippen molar-refractivity contribution in [2.24, 2.45) is 20.7 Å². The average Bonchev–Trinajstić information content (AvgIpc) is 2.78. The maximum absolute atomic E-state index is 13.1. The fraction of sp³-hybridized carbons (Fsp3) is 0.455. The van der Waals surface area contributed by atoms with Crippen LogP contribution in [0.1, 0.15) is 30.9 Å². The zero-order chi connectivity index (χ0) is 13.4. The lowest BCUT2D eigenvalue weighted by atomic mass is 9.96. The summed E-state index contributed by atoms with van der Waals surface area (Å²) < 4.78 is 39.2. The molecule has 0 radical (unpaired) electrons. The lowest BCUT2D eigenvalue weighted by Gasteiger charge is -2.23. The van der Waals surface area contributed by atoms with Crippen molar-refractivity contribution in [1.82, 2.24) is 0 Å². The van der Waals surface area contributed by atoms with E-state index in [9.17, 15) is 13.2 Å². The van der Waals surface area contributed by atoms with Crippen LogP contribution in [0.2, 0.25) is 0 Å². The van der Waals surface area contributed by atoms with Gasteiger partial charge in [-0.25, -0.2) is 0 Å². The first-order chi connectivity index (χ1) is 8.37. The van der Waals surface area contributed by atoms with Crippen LogP contribution in [0.25, 0.3) is 0 Å². The molecule has 0 fully saturated rings. The van der Waals surface area contributed by atoms with E-state index in [2.05, 4.69) is 20.7 Å². The molecule has 0 atom stereocenters. The highest BCUT2D eigenvalue weighted by Crippen LogP contribution is 2.46. The van der Waals surface area contributed by atoms with Crippen molar-refractivity contribution >= 4 is 0 Å². The molecule has 0 aliphatic carbocycles. The fourth-order valence-corrected chi connectivity index (χ4v) is 1.68. The van der Waals surface area contributed by atoms with Crippen molar-refractivity contribution in [3.05, 3.63) is 35.4 Å². The zero-order valence-corrected chi connectivity index (χ0v) is 9.81. The molecule has 1 aliphatic heterocycles. The highest BCUT2D eigenvalue weighted by Gasteiger charge is 2.60. The zero-order valence-electron chi connectivity index (χ0n) is 9.81. The van der Waals surface area contributed by atoms with E-state index in [1.165, 1.54) is 12.1 Å². The molecule has 0 N–H and O–H groups in total. The first kappa shape index (κ1) is 12.7. The van der Waals surface area contributed by atoms with E-state index in [1.807, 2.05) is 13.8 Å². The first-order valence-electron chi connectivity index (χ1n) is 5.38. The van der Waals surface area contributed by atoms with E-state index in [4.69, 9.17) is 0 Å². The third kappa shape index (κ3) is 1.89. The number of rotatable bonds is 2. The van der Waals surface area contributed by atoms with Crippen LogP contribution in [-0.2, 0) is 5.66 Å². The van der Waals surface area contributed by atoms with Gasteiger partial charge in [-0.15, -0.1) is 10.2 Å². The van der Waals surface area contributed by atoms with Gasteiger partial charge in [0.2, 0.25) is 0 Å². The van der Waals surface area contributed by atoms with Gasteiger partial charge in [-0.05, 0) is 21.9 Å². The molecule has 0 bridgehead atoms. The highest BCUT2D eigenvalue weighted by atomic mass is 19.4. The SMILES string of the molecule is CC(C)c1ccc(C2(C(F)(F)F)N=NN=N2)cc1. The smallest absolute Gasteiger partial charge is 0.166 e. The molecule has 4 nitrogen and oxygen atoms in total. The summed E-state index contributed by atoms with van der Waals surface area (Å²) >= 11 is 0. The van der Waals surface area contributed by atoms with Gasteiger partial charge >= 0.3 is 11.8 Å². The van der Waals surface area contributed by atoms with Gasteiger partial charge in [-0.2, -0.15) is 13.2 Å². The van der Waals surface area contributed by atoms with Crippen molar-refractivity contribution in [3.63, 3.8) is 0 Å². The van der Waals surface area contributed by atoms with Gasteiger partial charge < -0.3 is 0 Å². The third-order valence-corrected chi connectivity index (χ3v) is 2.79. The summed E-state index contributed by atoms with van der Waals surface area (Å²) in [5, 5.41) is 12.3. The number of alkyl halides is 3. The van der Waals surface area contributed by atoms with Crippen LogP contribution in [0, 0.1) is 0 Å². The summed E-state index contributed by atoms with van der Waals surface area (Å²) in [5.41, 5.74) is -1.81. The lowest BCUT2D eigenvalue weighted by Crippen LogP contribution is -2.37. The molecule has 0 spiro atoms. The van der Waals surface area contributed by atoms with E-state index >= 15 is 0 Å². The topological polar surface area (TPSA) is 49.4 Å². The Bertz CT molecular complexity index is 476. The van der Waals surface area contributed by atoms with E-state index in [0.717, 1.165) is 5.56 Å². The van der Waals surface area contributed by atoms with Crippen molar-refractivity contribution in [2.75, 3.05) is 0 Å². The average molecular weight is 256 g/mol. The molecule has 7 heteroatoms. The minimum Gasteiger partial charge on any atom is -0.166 e. The van der Waals surface area contributed by atoms with Gasteiger partial charge in [0.05, 0.1) is 0 Å². The molecule has 0 amide bonds. The molecule has 0 saturated heterocycles. The lowest BCUT2D eigenvalue weighted by molar-refractivity contribution is -0.187. The Balaban J connectivity index is 2.46. The molecule has 0 unspecified atom stereocenters. The summed E-state index contributed by atoms with van der Waals surface area (Å²) in [7, 11) is 0. The van der Waals surface area contributed by atoms with Gasteiger partial charge in [0.15, 0.2) is 0 Å². The summed E-state index contributed by atoms with van der Waals surface area (Å²) in [6.07, 6.45) is -4.66. The number of nitrogens with zero attached hydrogens (tertiary/aromatic N) is 4. The molecular formula is C11H11F3N4. The summed E-state index contributed by atoms with van der Waals surface area (Å²) in [4.78, 5) is 0. The van der Waals surface area contributed by atoms with Crippen LogP contribution >= 0.6 is 0 Å². The second-order valence-electron chi connectivity index (χ2n) is 4.33. The van der Waals surface area contributed by atoms with Crippen LogP contribution in [0.4, 0.5) is 13.2 Å².